The Balaban J connectivity index is 1.85. The van der Waals surface area contributed by atoms with Gasteiger partial charge < -0.3 is 15.4 Å². The van der Waals surface area contributed by atoms with E-state index in [1.165, 1.54) is 11.3 Å². The van der Waals surface area contributed by atoms with Gasteiger partial charge in [0.05, 0.1) is 4.88 Å². The van der Waals surface area contributed by atoms with Crippen LogP contribution in [0.2, 0.25) is 0 Å². The van der Waals surface area contributed by atoms with Crippen molar-refractivity contribution < 1.29 is 18.7 Å². The average molecular weight is 363 g/mol. The molecule has 0 radical (unpaired) electrons. The number of halogens is 2. The fourth-order valence-corrected chi connectivity index (χ4v) is 2.80. The zero-order chi connectivity index (χ0) is 18.0. The number of carbonyl (C=O) groups excluding carboxylic acids is 1. The van der Waals surface area contributed by atoms with Crippen molar-refractivity contribution >= 4 is 17.2 Å². The zero-order valence-corrected chi connectivity index (χ0v) is 13.4. The van der Waals surface area contributed by atoms with Gasteiger partial charge in [-0.25, -0.2) is 13.8 Å². The van der Waals surface area contributed by atoms with Crippen LogP contribution in [0.25, 0.3) is 10.7 Å². The Labute approximate surface area is 143 Å². The van der Waals surface area contributed by atoms with Gasteiger partial charge in [0.25, 0.3) is 11.5 Å². The molecule has 2 aromatic heterocycles. The molecular weight excluding hydrogens is 352 g/mol. The summed E-state index contributed by atoms with van der Waals surface area (Å²) in [4.78, 5) is 31.0. The molecule has 0 atom stereocenters. The van der Waals surface area contributed by atoms with E-state index in [-0.39, 0.29) is 17.9 Å². The maximum Gasteiger partial charge on any atom is 0.294 e. The van der Waals surface area contributed by atoms with E-state index in [2.05, 4.69) is 15.3 Å². The van der Waals surface area contributed by atoms with Crippen molar-refractivity contribution in [3.8, 4) is 16.5 Å². The van der Waals surface area contributed by atoms with Crippen molar-refractivity contribution in [2.75, 3.05) is 0 Å². The number of rotatable bonds is 4. The second-order valence-electron chi connectivity index (χ2n) is 5.05. The Kier molecular flexibility index (Phi) is 4.57. The third-order valence-electron chi connectivity index (χ3n) is 3.24. The first-order valence-corrected chi connectivity index (χ1v) is 7.92. The summed E-state index contributed by atoms with van der Waals surface area (Å²) in [5.74, 6) is -3.09. The molecule has 3 rings (SSSR count). The van der Waals surface area contributed by atoms with Crippen LogP contribution in [-0.4, -0.2) is 21.0 Å². The van der Waals surface area contributed by atoms with Crippen LogP contribution in [-0.2, 0) is 6.54 Å². The molecule has 128 valence electrons. The summed E-state index contributed by atoms with van der Waals surface area (Å²) in [6, 6.07) is 6.27. The second-order valence-corrected chi connectivity index (χ2v) is 6.00. The van der Waals surface area contributed by atoms with Crippen LogP contribution in [0, 0.1) is 11.6 Å². The Morgan fingerprint density at radius 2 is 2.00 bits per heavy atom. The Morgan fingerprint density at radius 3 is 2.64 bits per heavy atom. The highest BCUT2D eigenvalue weighted by Gasteiger charge is 2.18. The number of aromatic amines is 1. The minimum absolute atomic E-state index is 0.139. The van der Waals surface area contributed by atoms with Crippen LogP contribution >= 0.6 is 11.3 Å². The van der Waals surface area contributed by atoms with Crippen LogP contribution in [0.5, 0.6) is 5.75 Å². The molecule has 3 N–H and O–H groups in total. The van der Waals surface area contributed by atoms with Gasteiger partial charge in [-0.15, -0.1) is 11.3 Å². The van der Waals surface area contributed by atoms with E-state index in [4.69, 9.17) is 0 Å². The van der Waals surface area contributed by atoms with Crippen molar-refractivity contribution in [1.82, 2.24) is 15.3 Å². The van der Waals surface area contributed by atoms with Gasteiger partial charge in [-0.1, -0.05) is 6.07 Å². The van der Waals surface area contributed by atoms with Gasteiger partial charge in [0.2, 0.25) is 5.75 Å². The highest BCUT2D eigenvalue weighted by molar-refractivity contribution is 7.13. The zero-order valence-electron chi connectivity index (χ0n) is 12.5. The summed E-state index contributed by atoms with van der Waals surface area (Å²) < 4.78 is 26.3. The predicted octanol–water partition coefficient (Wildman–Crippen LogP) is 2.41. The Morgan fingerprint density at radius 1 is 1.28 bits per heavy atom. The first kappa shape index (κ1) is 16.8. The average Bonchev–Trinajstić information content (AvgIpc) is 3.08. The second kappa shape index (κ2) is 6.81. The van der Waals surface area contributed by atoms with Crippen LogP contribution < -0.4 is 10.9 Å². The number of aromatic hydroxyl groups is 1. The molecule has 0 aliphatic heterocycles. The number of amides is 1. The van der Waals surface area contributed by atoms with E-state index in [1.54, 1.807) is 17.5 Å². The third kappa shape index (κ3) is 3.72. The first-order chi connectivity index (χ1) is 11.9. The molecule has 25 heavy (non-hydrogen) atoms. The van der Waals surface area contributed by atoms with Crippen LogP contribution in [0.15, 0.2) is 40.5 Å². The van der Waals surface area contributed by atoms with Crippen LogP contribution in [0.4, 0.5) is 8.78 Å². The first-order valence-electron chi connectivity index (χ1n) is 7.04. The number of nitrogens with one attached hydrogen (secondary N) is 2. The summed E-state index contributed by atoms with van der Waals surface area (Å²) in [6.45, 7) is -0.199. The van der Waals surface area contributed by atoms with Gasteiger partial charge in [-0.3, -0.25) is 9.59 Å². The lowest BCUT2D eigenvalue weighted by atomic mass is 10.2. The van der Waals surface area contributed by atoms with Gasteiger partial charge in [-0.05, 0) is 29.1 Å². The summed E-state index contributed by atoms with van der Waals surface area (Å²) in [7, 11) is 0. The van der Waals surface area contributed by atoms with E-state index in [0.29, 0.717) is 10.9 Å². The monoisotopic (exact) mass is 363 g/mol. The number of nitrogens with zero attached hydrogens (tertiary/aromatic N) is 1. The summed E-state index contributed by atoms with van der Waals surface area (Å²) in [6.07, 6.45) is 0. The fourth-order valence-electron chi connectivity index (χ4n) is 2.13. The molecular formula is C16H11F2N3O3S. The van der Waals surface area contributed by atoms with E-state index < -0.39 is 34.5 Å². The molecule has 0 aliphatic rings. The molecule has 0 unspecified atom stereocenters. The topological polar surface area (TPSA) is 95.1 Å². The lowest BCUT2D eigenvalue weighted by Gasteiger charge is -2.08. The Bertz CT molecular complexity index is 967. The highest BCUT2D eigenvalue weighted by atomic mass is 32.1. The fraction of sp³-hybridized carbons (Fsp3) is 0.0625. The maximum absolute atomic E-state index is 13.2. The van der Waals surface area contributed by atoms with Crippen LogP contribution in [0.3, 0.4) is 0 Å². The van der Waals surface area contributed by atoms with Crippen molar-refractivity contribution in [3.05, 3.63) is 69.0 Å². The minimum Gasteiger partial charge on any atom is -0.501 e. The third-order valence-corrected chi connectivity index (χ3v) is 4.12. The van der Waals surface area contributed by atoms with Crippen LogP contribution in [0.1, 0.15) is 16.1 Å². The molecule has 1 aromatic carbocycles. The molecule has 0 fully saturated rings. The summed E-state index contributed by atoms with van der Waals surface area (Å²) in [5, 5.41) is 13.9. The number of benzene rings is 1. The normalized spacial score (nSPS) is 10.6. The highest BCUT2D eigenvalue weighted by Crippen LogP contribution is 2.21. The molecule has 2 heterocycles. The number of hydrogen-bond donors (Lipinski definition) is 3. The SMILES string of the molecule is O=C(NCc1cc(F)cc(F)c1)c1nc(-c2cccs2)[nH]c(=O)c1O. The van der Waals surface area contributed by atoms with Gasteiger partial charge >= 0.3 is 0 Å². The molecule has 0 saturated heterocycles. The van der Waals surface area contributed by atoms with E-state index in [9.17, 15) is 23.5 Å². The van der Waals surface area contributed by atoms with Crippen molar-refractivity contribution in [2.45, 2.75) is 6.54 Å². The van der Waals surface area contributed by atoms with Gasteiger partial charge in [0.1, 0.15) is 11.6 Å². The van der Waals surface area contributed by atoms with Crippen molar-refractivity contribution in [3.63, 3.8) is 0 Å². The number of aromatic nitrogens is 2. The van der Waals surface area contributed by atoms with E-state index >= 15 is 0 Å². The van der Waals surface area contributed by atoms with Crippen molar-refractivity contribution in [1.29, 1.82) is 0 Å². The summed E-state index contributed by atoms with van der Waals surface area (Å²) >= 11 is 1.30. The molecule has 3 aromatic rings. The molecule has 0 aliphatic carbocycles. The predicted molar refractivity (Wildman–Crippen MR) is 87.4 cm³/mol. The standard InChI is InChI=1S/C16H11F2N3O3S/c17-9-4-8(5-10(18)6-9)7-19-15(23)12-13(22)16(24)21-14(20-12)11-2-1-3-25-11/h1-6,22H,7H2,(H,19,23)(H,20,21,24). The lowest BCUT2D eigenvalue weighted by Crippen LogP contribution is -2.26. The number of thiophene rings is 1. The van der Waals surface area contributed by atoms with E-state index in [1.807, 2.05) is 0 Å². The number of H-pyrrole nitrogens is 1. The quantitative estimate of drug-likeness (QED) is 0.663. The van der Waals surface area contributed by atoms with Crippen molar-refractivity contribution in [2.24, 2.45) is 0 Å². The van der Waals surface area contributed by atoms with Gasteiger partial charge in [-0.2, -0.15) is 0 Å². The molecule has 1 amide bonds. The van der Waals surface area contributed by atoms with Gasteiger partial charge in [0, 0.05) is 12.6 Å². The van der Waals surface area contributed by atoms with E-state index in [0.717, 1.165) is 12.1 Å². The van der Waals surface area contributed by atoms with Gasteiger partial charge in [0.15, 0.2) is 11.5 Å². The number of hydrogen-bond acceptors (Lipinski definition) is 5. The lowest BCUT2D eigenvalue weighted by molar-refractivity contribution is 0.0942. The molecule has 0 saturated carbocycles. The largest absolute Gasteiger partial charge is 0.501 e. The summed E-state index contributed by atoms with van der Waals surface area (Å²) in [5.41, 5.74) is -1.14. The Hall–Kier alpha value is -3.07. The molecule has 0 spiro atoms. The smallest absolute Gasteiger partial charge is 0.294 e. The maximum atomic E-state index is 13.2. The molecule has 6 nitrogen and oxygen atoms in total. The minimum atomic E-state index is -0.861. The molecule has 9 heteroatoms. The number of carbonyl (C=O) groups is 1. The molecule has 0 bridgehead atoms.